The van der Waals surface area contributed by atoms with E-state index in [1.807, 2.05) is 6.20 Å². The molecule has 1 unspecified atom stereocenters. The number of hydrogen-bond acceptors (Lipinski definition) is 2. The monoisotopic (exact) mass is 229 g/mol. The Hall–Kier alpha value is -1.35. The molecule has 1 saturated heterocycles. The highest BCUT2D eigenvalue weighted by Crippen LogP contribution is 2.31. The third-order valence-electron chi connectivity index (χ3n) is 3.77. The van der Waals surface area contributed by atoms with E-state index in [0.717, 1.165) is 6.54 Å². The summed E-state index contributed by atoms with van der Waals surface area (Å²) in [6.07, 6.45) is 6.71. The predicted molar refractivity (Wildman–Crippen MR) is 69.2 cm³/mol. The van der Waals surface area contributed by atoms with Crippen molar-refractivity contribution in [3.63, 3.8) is 0 Å². The fourth-order valence-electron chi connectivity index (χ4n) is 2.86. The molecular weight excluding hydrogens is 210 g/mol. The summed E-state index contributed by atoms with van der Waals surface area (Å²) >= 11 is 0. The lowest BCUT2D eigenvalue weighted by molar-refractivity contribution is 0.261. The van der Waals surface area contributed by atoms with Gasteiger partial charge in [-0.25, -0.2) is 4.98 Å². The summed E-state index contributed by atoms with van der Waals surface area (Å²) in [6, 6.07) is 4.80. The van der Waals surface area contributed by atoms with E-state index < -0.39 is 0 Å². The van der Waals surface area contributed by atoms with Gasteiger partial charge in [0.2, 0.25) is 0 Å². The number of fused-ring (bicyclic) bond motifs is 1. The molecule has 90 valence electrons. The van der Waals surface area contributed by atoms with Crippen molar-refractivity contribution < 1.29 is 0 Å². The summed E-state index contributed by atoms with van der Waals surface area (Å²) < 4.78 is 2.26. The van der Waals surface area contributed by atoms with Crippen LogP contribution in [0.4, 0.5) is 0 Å². The minimum absolute atomic E-state index is 0.504. The number of rotatable bonds is 2. The second-order valence-corrected chi connectivity index (χ2v) is 4.90. The van der Waals surface area contributed by atoms with Crippen LogP contribution >= 0.6 is 0 Å². The molecule has 2 aromatic heterocycles. The highest BCUT2D eigenvalue weighted by Gasteiger charge is 2.27. The Kier molecular flexibility index (Phi) is 2.63. The Morgan fingerprint density at radius 3 is 3.12 bits per heavy atom. The van der Waals surface area contributed by atoms with Gasteiger partial charge in [-0.15, -0.1) is 0 Å². The molecular formula is C14H19N3. The van der Waals surface area contributed by atoms with Gasteiger partial charge in [-0.2, -0.15) is 0 Å². The smallest absolute Gasteiger partial charge is 0.130 e. The van der Waals surface area contributed by atoms with E-state index in [1.54, 1.807) is 0 Å². The van der Waals surface area contributed by atoms with Crippen LogP contribution in [0.1, 0.15) is 37.2 Å². The number of nitrogens with zero attached hydrogens (tertiary/aromatic N) is 3. The number of imidazole rings is 1. The highest BCUT2D eigenvalue weighted by atomic mass is 15.2. The number of likely N-dealkylation sites (tertiary alicyclic amines) is 1. The molecule has 0 aromatic carbocycles. The SMILES string of the molecule is CCN1CCCC1c1ncc2ccc(C)cn12. The predicted octanol–water partition coefficient (Wildman–Crippen LogP) is 2.80. The van der Waals surface area contributed by atoms with E-state index in [-0.39, 0.29) is 0 Å². The topological polar surface area (TPSA) is 20.5 Å². The standard InChI is InChI=1S/C14H19N3/c1-3-16-8-4-5-13(16)14-15-9-12-7-6-11(2)10-17(12)14/h6-7,9-10,13H,3-5,8H2,1-2H3. The molecule has 1 atom stereocenters. The van der Waals surface area contributed by atoms with Crippen molar-refractivity contribution in [2.75, 3.05) is 13.1 Å². The van der Waals surface area contributed by atoms with E-state index in [2.05, 4.69) is 46.5 Å². The maximum Gasteiger partial charge on any atom is 0.130 e. The molecule has 3 rings (SSSR count). The van der Waals surface area contributed by atoms with E-state index in [1.165, 1.54) is 36.3 Å². The van der Waals surface area contributed by atoms with Gasteiger partial charge in [-0.1, -0.05) is 13.0 Å². The van der Waals surface area contributed by atoms with Gasteiger partial charge in [0, 0.05) is 6.20 Å². The lowest BCUT2D eigenvalue weighted by Gasteiger charge is -2.21. The third kappa shape index (κ3) is 1.75. The van der Waals surface area contributed by atoms with Gasteiger partial charge in [-0.05, 0) is 44.5 Å². The van der Waals surface area contributed by atoms with Gasteiger partial charge in [0.25, 0.3) is 0 Å². The van der Waals surface area contributed by atoms with Crippen LogP contribution < -0.4 is 0 Å². The fraction of sp³-hybridized carbons (Fsp3) is 0.500. The van der Waals surface area contributed by atoms with Crippen molar-refractivity contribution in [3.8, 4) is 0 Å². The molecule has 3 nitrogen and oxygen atoms in total. The lowest BCUT2D eigenvalue weighted by atomic mass is 10.2. The number of hydrogen-bond donors (Lipinski definition) is 0. The molecule has 3 heterocycles. The Morgan fingerprint density at radius 2 is 2.29 bits per heavy atom. The Balaban J connectivity index is 2.07. The minimum Gasteiger partial charge on any atom is -0.302 e. The Morgan fingerprint density at radius 1 is 1.41 bits per heavy atom. The second-order valence-electron chi connectivity index (χ2n) is 4.90. The van der Waals surface area contributed by atoms with Crippen molar-refractivity contribution in [1.82, 2.24) is 14.3 Å². The summed E-state index contributed by atoms with van der Waals surface area (Å²) in [5.74, 6) is 1.21. The van der Waals surface area contributed by atoms with Crippen molar-refractivity contribution in [2.24, 2.45) is 0 Å². The normalized spacial score (nSPS) is 21.4. The van der Waals surface area contributed by atoms with Gasteiger partial charge in [0.1, 0.15) is 5.82 Å². The van der Waals surface area contributed by atoms with Crippen LogP contribution in [0.5, 0.6) is 0 Å². The van der Waals surface area contributed by atoms with E-state index in [9.17, 15) is 0 Å². The van der Waals surface area contributed by atoms with Crippen LogP contribution in [0.2, 0.25) is 0 Å². The van der Waals surface area contributed by atoms with Crippen LogP contribution in [0, 0.1) is 6.92 Å². The number of aryl methyl sites for hydroxylation is 1. The summed E-state index contributed by atoms with van der Waals surface area (Å²) in [5, 5.41) is 0. The minimum atomic E-state index is 0.504. The lowest BCUT2D eigenvalue weighted by Crippen LogP contribution is -2.24. The maximum absolute atomic E-state index is 4.64. The molecule has 0 bridgehead atoms. The third-order valence-corrected chi connectivity index (χ3v) is 3.77. The quantitative estimate of drug-likeness (QED) is 0.789. The average molecular weight is 229 g/mol. The first-order valence-electron chi connectivity index (χ1n) is 6.47. The zero-order valence-corrected chi connectivity index (χ0v) is 10.6. The molecule has 17 heavy (non-hydrogen) atoms. The summed E-state index contributed by atoms with van der Waals surface area (Å²) in [7, 11) is 0. The Bertz CT molecular complexity index is 529. The molecule has 0 saturated carbocycles. The summed E-state index contributed by atoms with van der Waals surface area (Å²) in [6.45, 7) is 6.70. The second kappa shape index (κ2) is 4.15. The van der Waals surface area contributed by atoms with Gasteiger partial charge in [0.05, 0.1) is 17.8 Å². The fourth-order valence-corrected chi connectivity index (χ4v) is 2.86. The highest BCUT2D eigenvalue weighted by molar-refractivity contribution is 5.47. The molecule has 1 aliphatic rings. The molecule has 0 radical (unpaired) electrons. The first kappa shape index (κ1) is 10.8. The molecule has 0 N–H and O–H groups in total. The summed E-state index contributed by atoms with van der Waals surface area (Å²) in [5.41, 5.74) is 2.49. The molecule has 0 spiro atoms. The molecule has 3 heteroatoms. The van der Waals surface area contributed by atoms with E-state index in [0.29, 0.717) is 6.04 Å². The van der Waals surface area contributed by atoms with E-state index >= 15 is 0 Å². The average Bonchev–Trinajstić information content (AvgIpc) is 2.93. The molecule has 2 aromatic rings. The first-order valence-corrected chi connectivity index (χ1v) is 6.47. The van der Waals surface area contributed by atoms with Gasteiger partial charge in [-0.3, -0.25) is 4.90 Å². The van der Waals surface area contributed by atoms with Crippen molar-refractivity contribution in [1.29, 1.82) is 0 Å². The number of aromatic nitrogens is 2. The van der Waals surface area contributed by atoms with Crippen molar-refractivity contribution in [3.05, 3.63) is 35.9 Å². The molecule has 0 amide bonds. The zero-order valence-electron chi connectivity index (χ0n) is 10.6. The Labute approximate surface area is 102 Å². The number of pyridine rings is 1. The van der Waals surface area contributed by atoms with Crippen LogP contribution in [-0.4, -0.2) is 27.4 Å². The van der Waals surface area contributed by atoms with Crippen molar-refractivity contribution >= 4 is 5.52 Å². The largest absolute Gasteiger partial charge is 0.302 e. The van der Waals surface area contributed by atoms with Crippen molar-refractivity contribution in [2.45, 2.75) is 32.7 Å². The van der Waals surface area contributed by atoms with Crippen LogP contribution in [0.3, 0.4) is 0 Å². The van der Waals surface area contributed by atoms with E-state index in [4.69, 9.17) is 0 Å². The maximum atomic E-state index is 4.64. The van der Waals surface area contributed by atoms with Crippen LogP contribution in [0.25, 0.3) is 5.52 Å². The van der Waals surface area contributed by atoms with Crippen LogP contribution in [0.15, 0.2) is 24.5 Å². The molecule has 1 fully saturated rings. The van der Waals surface area contributed by atoms with Gasteiger partial charge >= 0.3 is 0 Å². The summed E-state index contributed by atoms with van der Waals surface area (Å²) in [4.78, 5) is 7.16. The van der Waals surface area contributed by atoms with Crippen LogP contribution in [-0.2, 0) is 0 Å². The van der Waals surface area contributed by atoms with Gasteiger partial charge < -0.3 is 4.40 Å². The first-order chi connectivity index (χ1) is 8.29. The molecule has 1 aliphatic heterocycles. The zero-order chi connectivity index (χ0) is 11.8. The van der Waals surface area contributed by atoms with Gasteiger partial charge in [0.15, 0.2) is 0 Å². The molecule has 0 aliphatic carbocycles.